The molecule has 0 saturated carbocycles. The summed E-state index contributed by atoms with van der Waals surface area (Å²) in [6.07, 6.45) is 70.7. The van der Waals surface area contributed by atoms with Crippen LogP contribution in [0.4, 0.5) is 0 Å². The largest absolute Gasteiger partial charge is 0.461 e. The average molecular weight is 827 g/mol. The number of esters is 2. The summed E-state index contributed by atoms with van der Waals surface area (Å²) in [6.45, 7) is 7.30. The molecule has 0 aliphatic heterocycles. The van der Waals surface area contributed by atoms with Crippen LogP contribution in [0.25, 0.3) is 0 Å². The van der Waals surface area contributed by atoms with Gasteiger partial charge < -0.3 is 14.2 Å². The zero-order chi connectivity index (χ0) is 43.5. The lowest BCUT2D eigenvalue weighted by molar-refractivity contribution is -0.162. The topological polar surface area (TPSA) is 61.8 Å². The van der Waals surface area contributed by atoms with Crippen LogP contribution >= 0.6 is 0 Å². The van der Waals surface area contributed by atoms with Crippen LogP contribution in [-0.4, -0.2) is 37.9 Å². The van der Waals surface area contributed by atoms with Crippen molar-refractivity contribution in [2.24, 2.45) is 0 Å². The lowest BCUT2D eigenvalue weighted by atomic mass is 10.1. The Morgan fingerprint density at radius 3 is 1.22 bits per heavy atom. The maximum atomic E-state index is 12.7. The van der Waals surface area contributed by atoms with Crippen molar-refractivity contribution >= 4 is 11.9 Å². The Bertz CT molecular complexity index is 1300. The van der Waals surface area contributed by atoms with Gasteiger partial charge in [0, 0.05) is 13.0 Å². The summed E-state index contributed by atoms with van der Waals surface area (Å²) in [6, 6.07) is 0. The molecular weight excluding hydrogens is 741 g/mol. The van der Waals surface area contributed by atoms with Crippen molar-refractivity contribution in [1.29, 1.82) is 0 Å². The SMILES string of the molecule is CC/C=C\C/C=C\C/C=C\C/C=C\C/C=C\C/C=C\CCCOCC(COC(=O)C/C=C\C/C=C\C/C=C\C/C=C\C/C=C\CC)OC(=O)CCCCCCCCCCC. The smallest absolute Gasteiger partial charge is 0.309 e. The molecule has 0 amide bonds. The Morgan fingerprint density at radius 2 is 0.783 bits per heavy atom. The fraction of sp³-hybridized carbons (Fsp3) is 0.564. The van der Waals surface area contributed by atoms with Crippen LogP contribution in [0.2, 0.25) is 0 Å². The van der Waals surface area contributed by atoms with E-state index in [4.69, 9.17) is 14.2 Å². The highest BCUT2D eigenvalue weighted by Crippen LogP contribution is 2.12. The van der Waals surface area contributed by atoms with Gasteiger partial charge in [-0.3, -0.25) is 9.59 Å². The van der Waals surface area contributed by atoms with E-state index >= 15 is 0 Å². The van der Waals surface area contributed by atoms with Crippen molar-refractivity contribution in [2.75, 3.05) is 19.8 Å². The van der Waals surface area contributed by atoms with Crippen molar-refractivity contribution in [2.45, 2.75) is 181 Å². The van der Waals surface area contributed by atoms with Crippen LogP contribution < -0.4 is 0 Å². The molecule has 5 nitrogen and oxygen atoms in total. The number of ether oxygens (including phenoxy) is 3. The summed E-state index contributed by atoms with van der Waals surface area (Å²) in [5.41, 5.74) is 0. The van der Waals surface area contributed by atoms with Gasteiger partial charge in [-0.1, -0.05) is 206 Å². The molecule has 0 aromatic carbocycles. The van der Waals surface area contributed by atoms with Crippen molar-refractivity contribution < 1.29 is 23.8 Å². The molecule has 0 aromatic rings. The first kappa shape index (κ1) is 56.0. The predicted octanol–water partition coefficient (Wildman–Crippen LogP) is 16.0. The molecule has 0 bridgehead atoms. The Kier molecular flexibility index (Phi) is 46.1. The van der Waals surface area contributed by atoms with E-state index in [9.17, 15) is 9.59 Å². The summed E-state index contributed by atoms with van der Waals surface area (Å²) in [5.74, 6) is -0.590. The number of hydrogen-bond donors (Lipinski definition) is 0. The highest BCUT2D eigenvalue weighted by atomic mass is 16.6. The fourth-order valence-electron chi connectivity index (χ4n) is 5.77. The number of rotatable bonds is 41. The molecule has 0 spiro atoms. The lowest BCUT2D eigenvalue weighted by Crippen LogP contribution is -2.30. The number of hydrogen-bond acceptors (Lipinski definition) is 5. The minimum Gasteiger partial charge on any atom is -0.461 e. The molecule has 0 radical (unpaired) electrons. The molecule has 336 valence electrons. The highest BCUT2D eigenvalue weighted by molar-refractivity contribution is 5.71. The average Bonchev–Trinajstić information content (AvgIpc) is 3.25. The van der Waals surface area contributed by atoms with Crippen molar-refractivity contribution in [3.63, 3.8) is 0 Å². The predicted molar refractivity (Wildman–Crippen MR) is 260 cm³/mol. The first-order chi connectivity index (χ1) is 29.6. The third-order valence-electron chi connectivity index (χ3n) is 9.21. The maximum absolute atomic E-state index is 12.7. The normalized spacial score (nSPS) is 13.4. The van der Waals surface area contributed by atoms with E-state index in [-0.39, 0.29) is 31.6 Å². The monoisotopic (exact) mass is 827 g/mol. The molecular formula is C55H86O5. The van der Waals surface area contributed by atoms with Gasteiger partial charge in [0.2, 0.25) is 0 Å². The van der Waals surface area contributed by atoms with Crippen LogP contribution in [0.3, 0.4) is 0 Å². The molecule has 60 heavy (non-hydrogen) atoms. The van der Waals surface area contributed by atoms with Crippen LogP contribution in [0, 0.1) is 0 Å². The Balaban J connectivity index is 4.46. The molecule has 0 fully saturated rings. The van der Waals surface area contributed by atoms with Gasteiger partial charge in [0.25, 0.3) is 0 Å². The van der Waals surface area contributed by atoms with Crippen molar-refractivity contribution in [3.8, 4) is 0 Å². The van der Waals surface area contributed by atoms with Crippen molar-refractivity contribution in [1.82, 2.24) is 0 Å². The third kappa shape index (κ3) is 46.7. The van der Waals surface area contributed by atoms with Gasteiger partial charge in [-0.2, -0.15) is 0 Å². The van der Waals surface area contributed by atoms with E-state index in [0.717, 1.165) is 103 Å². The van der Waals surface area contributed by atoms with Gasteiger partial charge in [-0.05, 0) is 89.9 Å². The zero-order valence-corrected chi connectivity index (χ0v) is 38.4. The van der Waals surface area contributed by atoms with Gasteiger partial charge in [-0.15, -0.1) is 0 Å². The molecule has 0 N–H and O–H groups in total. The Morgan fingerprint density at radius 1 is 0.400 bits per heavy atom. The fourth-order valence-corrected chi connectivity index (χ4v) is 5.77. The standard InChI is InChI=1S/C55H86O5/c1-4-7-10-13-16-19-21-23-25-26-27-28-29-31-33-35-38-41-44-47-50-58-51-53(60-55(57)49-46-43-40-36-18-15-12-9-6-3)52-59-54(56)48-45-42-39-37-34-32-30-24-22-20-17-14-11-8-5-2/h7-8,10-11,16-17,19-20,23-25,27-28,30-31,33-34,37-38,41-42,45,53H,4-6,9,12-15,18,21-22,26,29,32,35-36,39-40,43-44,46-52H2,1-3H3/b10-7-,11-8-,19-16-,20-17-,25-23-,28-27-,30-24-,33-31-,37-34-,41-38-,45-42-. The molecule has 0 aromatic heterocycles. The molecule has 5 heteroatoms. The van der Waals surface area contributed by atoms with Gasteiger partial charge in [0.15, 0.2) is 6.10 Å². The summed E-state index contributed by atoms with van der Waals surface area (Å²) in [5, 5.41) is 0. The second-order valence-corrected chi connectivity index (χ2v) is 14.9. The summed E-state index contributed by atoms with van der Waals surface area (Å²) >= 11 is 0. The van der Waals surface area contributed by atoms with Gasteiger partial charge in [0.1, 0.15) is 6.61 Å². The molecule has 0 heterocycles. The Hall–Kier alpha value is -3.96. The van der Waals surface area contributed by atoms with E-state index in [2.05, 4.69) is 142 Å². The van der Waals surface area contributed by atoms with E-state index < -0.39 is 6.10 Å². The van der Waals surface area contributed by atoms with E-state index in [1.165, 1.54) is 38.5 Å². The lowest BCUT2D eigenvalue weighted by Gasteiger charge is -2.18. The van der Waals surface area contributed by atoms with Crippen LogP contribution in [0.1, 0.15) is 175 Å². The summed E-state index contributed by atoms with van der Waals surface area (Å²) < 4.78 is 17.1. The number of unbranched alkanes of at least 4 members (excludes halogenated alkanes) is 9. The summed E-state index contributed by atoms with van der Waals surface area (Å²) in [4.78, 5) is 25.2. The molecule has 0 aliphatic carbocycles. The third-order valence-corrected chi connectivity index (χ3v) is 9.21. The zero-order valence-electron chi connectivity index (χ0n) is 38.4. The van der Waals surface area contributed by atoms with Gasteiger partial charge >= 0.3 is 11.9 Å². The van der Waals surface area contributed by atoms with Gasteiger partial charge in [-0.25, -0.2) is 0 Å². The minimum absolute atomic E-state index is 0.000189. The van der Waals surface area contributed by atoms with Crippen LogP contribution in [0.15, 0.2) is 134 Å². The van der Waals surface area contributed by atoms with E-state index in [1.807, 2.05) is 12.2 Å². The molecule has 1 unspecified atom stereocenters. The first-order valence-electron chi connectivity index (χ1n) is 23.7. The minimum atomic E-state index is -0.612. The second-order valence-electron chi connectivity index (χ2n) is 14.9. The van der Waals surface area contributed by atoms with E-state index in [1.54, 1.807) is 0 Å². The maximum Gasteiger partial charge on any atom is 0.309 e. The number of allylic oxidation sites excluding steroid dienone is 21. The van der Waals surface area contributed by atoms with Crippen LogP contribution in [-0.2, 0) is 23.8 Å². The molecule has 0 saturated heterocycles. The number of carbonyl (C=O) groups excluding carboxylic acids is 2. The highest BCUT2D eigenvalue weighted by Gasteiger charge is 2.17. The molecule has 0 rings (SSSR count). The second kappa shape index (κ2) is 49.4. The number of carbonyl (C=O) groups is 2. The van der Waals surface area contributed by atoms with Crippen LogP contribution in [0.5, 0.6) is 0 Å². The summed E-state index contributed by atoms with van der Waals surface area (Å²) in [7, 11) is 0. The Labute approximate surface area is 369 Å². The first-order valence-corrected chi connectivity index (χ1v) is 23.7. The van der Waals surface area contributed by atoms with E-state index in [0.29, 0.717) is 13.0 Å². The quantitative estimate of drug-likeness (QED) is 0.0349. The van der Waals surface area contributed by atoms with Crippen molar-refractivity contribution in [3.05, 3.63) is 134 Å². The molecule has 0 aliphatic rings. The molecule has 1 atom stereocenters. The van der Waals surface area contributed by atoms with Gasteiger partial charge in [0.05, 0.1) is 13.0 Å².